The highest BCUT2D eigenvalue weighted by molar-refractivity contribution is 6.17. The number of rotatable bonds is 8. The molecule has 5 fully saturated rings. The number of cyclic esters (lactones) is 4. The van der Waals surface area contributed by atoms with E-state index in [2.05, 4.69) is 0 Å². The fraction of sp³-hybridized carbons (Fsp3) is 0.444. The van der Waals surface area contributed by atoms with Crippen molar-refractivity contribution in [1.29, 1.82) is 0 Å². The lowest BCUT2D eigenvalue weighted by molar-refractivity contribution is -0.291. The molecule has 0 amide bonds. The Bertz CT molecular complexity index is 1580. The molecule has 0 atom stereocenters. The standard InChI is InChI=1S/C36H36O16/c1-5-33(3)45-25(37)21(26(38)46-33)13-9-7-11-15-23-29(41)49-35(50-30(23)42)17-19-36(20-18-35)51-31(43)24(32(44)52-36)16-12-8-10-14-22-27(39)47-34(4,6-2)48-28(22)40/h7-8,11-16H,5-6,9-10,17-20H2,1-4H3. The first-order valence-corrected chi connectivity index (χ1v) is 16.6. The van der Waals surface area contributed by atoms with Crippen LogP contribution >= 0.6 is 0 Å². The Morgan fingerprint density at radius 3 is 0.981 bits per heavy atom. The van der Waals surface area contributed by atoms with E-state index in [9.17, 15) is 38.4 Å². The summed E-state index contributed by atoms with van der Waals surface area (Å²) in [5, 5.41) is 0. The maximum atomic E-state index is 12.8. The smallest absolute Gasteiger partial charge is 0.348 e. The monoisotopic (exact) mass is 724 g/mol. The fourth-order valence-electron chi connectivity index (χ4n) is 5.49. The van der Waals surface area contributed by atoms with Gasteiger partial charge in [0.25, 0.3) is 23.1 Å². The van der Waals surface area contributed by atoms with Crippen LogP contribution < -0.4 is 0 Å². The third-order valence-corrected chi connectivity index (χ3v) is 8.88. The molecule has 276 valence electrons. The zero-order valence-corrected chi connectivity index (χ0v) is 28.8. The van der Waals surface area contributed by atoms with Gasteiger partial charge in [-0.3, -0.25) is 0 Å². The molecule has 5 rings (SSSR count). The van der Waals surface area contributed by atoms with Gasteiger partial charge in [0, 0.05) is 52.4 Å². The Morgan fingerprint density at radius 2 is 0.712 bits per heavy atom. The highest BCUT2D eigenvalue weighted by Crippen LogP contribution is 2.45. The molecule has 0 radical (unpaired) electrons. The average Bonchev–Trinajstić information content (AvgIpc) is 3.06. The third-order valence-electron chi connectivity index (χ3n) is 8.88. The highest BCUT2D eigenvalue weighted by Gasteiger charge is 2.57. The fourth-order valence-corrected chi connectivity index (χ4v) is 5.49. The number of hydrogen-bond donors (Lipinski definition) is 0. The molecule has 16 nitrogen and oxygen atoms in total. The zero-order chi connectivity index (χ0) is 37.9. The van der Waals surface area contributed by atoms with Gasteiger partial charge in [0.2, 0.25) is 0 Å². The Morgan fingerprint density at radius 1 is 0.442 bits per heavy atom. The van der Waals surface area contributed by atoms with Gasteiger partial charge < -0.3 is 37.9 Å². The Labute approximate surface area is 297 Å². The van der Waals surface area contributed by atoms with Gasteiger partial charge in [0.15, 0.2) is 0 Å². The number of allylic oxidation sites excluding steroid dienone is 8. The molecule has 2 spiro atoms. The first-order valence-electron chi connectivity index (χ1n) is 16.6. The van der Waals surface area contributed by atoms with E-state index in [0.29, 0.717) is 0 Å². The van der Waals surface area contributed by atoms with Crippen LogP contribution in [0, 0.1) is 0 Å². The molecular formula is C36H36O16. The quantitative estimate of drug-likeness (QED) is 0.152. The predicted octanol–water partition coefficient (Wildman–Crippen LogP) is 3.20. The molecule has 0 bridgehead atoms. The summed E-state index contributed by atoms with van der Waals surface area (Å²) in [4.78, 5) is 99.9. The SMILES string of the molecule is CCC1(C)OC(=O)C(=CCC=CC=C2C(=O)OC3(CCC4(CC3)OC(=O)C(=CC=CCC=C3C(=O)OC(C)(CC)OC3=O)C(=O)O4)OC2=O)C(=O)O1. The molecule has 0 unspecified atom stereocenters. The van der Waals surface area contributed by atoms with Crippen LogP contribution in [0.2, 0.25) is 0 Å². The van der Waals surface area contributed by atoms with Gasteiger partial charge in [-0.05, 0) is 25.0 Å². The van der Waals surface area contributed by atoms with E-state index < -0.39 is 82.0 Å². The highest BCUT2D eigenvalue weighted by atomic mass is 16.8. The molecule has 1 saturated carbocycles. The summed E-state index contributed by atoms with van der Waals surface area (Å²) < 4.78 is 42.6. The van der Waals surface area contributed by atoms with Crippen LogP contribution in [0.25, 0.3) is 0 Å². The molecular weight excluding hydrogens is 688 g/mol. The van der Waals surface area contributed by atoms with Gasteiger partial charge in [-0.15, -0.1) is 0 Å². The molecule has 1 aliphatic carbocycles. The van der Waals surface area contributed by atoms with Crippen molar-refractivity contribution in [2.75, 3.05) is 0 Å². The van der Waals surface area contributed by atoms with Crippen LogP contribution in [0.15, 0.2) is 70.9 Å². The number of carbonyl (C=O) groups is 8. The van der Waals surface area contributed by atoms with Crippen molar-refractivity contribution >= 4 is 47.8 Å². The van der Waals surface area contributed by atoms with Gasteiger partial charge >= 0.3 is 47.8 Å². The van der Waals surface area contributed by atoms with Crippen LogP contribution in [0.1, 0.15) is 79.1 Å². The van der Waals surface area contributed by atoms with E-state index in [4.69, 9.17) is 37.9 Å². The normalized spacial score (nSPS) is 30.7. The van der Waals surface area contributed by atoms with Crippen molar-refractivity contribution < 1.29 is 76.3 Å². The van der Waals surface area contributed by atoms with E-state index in [1.165, 1.54) is 50.3 Å². The minimum atomic E-state index is -1.67. The van der Waals surface area contributed by atoms with Crippen LogP contribution in [-0.4, -0.2) is 70.9 Å². The topological polar surface area (TPSA) is 210 Å². The summed E-state index contributed by atoms with van der Waals surface area (Å²) in [6, 6.07) is 0. The van der Waals surface area contributed by atoms with Crippen LogP contribution in [-0.2, 0) is 76.3 Å². The second kappa shape index (κ2) is 14.4. The lowest BCUT2D eigenvalue weighted by atomic mass is 9.87. The van der Waals surface area contributed by atoms with E-state index in [1.54, 1.807) is 13.8 Å². The Kier molecular flexibility index (Phi) is 10.4. The van der Waals surface area contributed by atoms with Gasteiger partial charge in [0.05, 0.1) is 0 Å². The maximum absolute atomic E-state index is 12.8. The second-order valence-corrected chi connectivity index (χ2v) is 12.6. The molecule has 0 aromatic rings. The Hall–Kier alpha value is -5.80. The molecule has 0 aromatic heterocycles. The summed E-state index contributed by atoms with van der Waals surface area (Å²) in [6.07, 6.45) is 10.7. The third kappa shape index (κ3) is 7.90. The van der Waals surface area contributed by atoms with Crippen molar-refractivity contribution in [3.05, 3.63) is 70.9 Å². The number of ether oxygens (including phenoxy) is 8. The summed E-state index contributed by atoms with van der Waals surface area (Å²) in [5.41, 5.74) is -1.37. The summed E-state index contributed by atoms with van der Waals surface area (Å²) in [7, 11) is 0. The number of carbonyl (C=O) groups excluding carboxylic acids is 8. The predicted molar refractivity (Wildman–Crippen MR) is 170 cm³/mol. The van der Waals surface area contributed by atoms with Crippen molar-refractivity contribution in [3.63, 3.8) is 0 Å². The molecule has 4 saturated heterocycles. The maximum Gasteiger partial charge on any atom is 0.348 e. The second-order valence-electron chi connectivity index (χ2n) is 12.6. The minimum absolute atomic E-state index is 0.0693. The molecule has 0 N–H and O–H groups in total. The zero-order valence-electron chi connectivity index (χ0n) is 28.8. The van der Waals surface area contributed by atoms with Crippen molar-refractivity contribution in [3.8, 4) is 0 Å². The lowest BCUT2D eigenvalue weighted by Gasteiger charge is -2.45. The Balaban J connectivity index is 1.12. The first kappa shape index (κ1) is 37.5. The van der Waals surface area contributed by atoms with Crippen LogP contribution in [0.4, 0.5) is 0 Å². The summed E-state index contributed by atoms with van der Waals surface area (Å²) in [5.74, 6) is -13.1. The van der Waals surface area contributed by atoms with Crippen molar-refractivity contribution in [2.24, 2.45) is 0 Å². The lowest BCUT2D eigenvalue weighted by Crippen LogP contribution is -2.56. The summed E-state index contributed by atoms with van der Waals surface area (Å²) >= 11 is 0. The minimum Gasteiger partial charge on any atom is -0.419 e. The van der Waals surface area contributed by atoms with Gasteiger partial charge in [0.1, 0.15) is 22.3 Å². The van der Waals surface area contributed by atoms with Crippen LogP contribution in [0.3, 0.4) is 0 Å². The molecule has 5 aliphatic rings. The van der Waals surface area contributed by atoms with E-state index >= 15 is 0 Å². The van der Waals surface area contributed by atoms with Crippen molar-refractivity contribution in [2.45, 2.75) is 102 Å². The molecule has 16 heteroatoms. The van der Waals surface area contributed by atoms with Crippen LogP contribution in [0.5, 0.6) is 0 Å². The molecule has 4 aliphatic heterocycles. The number of hydrogen-bond acceptors (Lipinski definition) is 16. The average molecular weight is 725 g/mol. The van der Waals surface area contributed by atoms with Crippen molar-refractivity contribution in [1.82, 2.24) is 0 Å². The van der Waals surface area contributed by atoms with Gasteiger partial charge in [-0.2, -0.15) is 0 Å². The van der Waals surface area contributed by atoms with Gasteiger partial charge in [-0.25, -0.2) is 38.4 Å². The molecule has 4 heterocycles. The van der Waals surface area contributed by atoms with E-state index in [1.807, 2.05) is 0 Å². The first-order chi connectivity index (χ1) is 24.5. The van der Waals surface area contributed by atoms with Gasteiger partial charge in [-0.1, -0.05) is 50.3 Å². The summed E-state index contributed by atoms with van der Waals surface area (Å²) in [6.45, 7) is 6.35. The largest absolute Gasteiger partial charge is 0.419 e. The molecule has 52 heavy (non-hydrogen) atoms. The van der Waals surface area contributed by atoms with E-state index in [0.717, 1.165) is 12.2 Å². The molecule has 0 aromatic carbocycles. The number of esters is 8. The van der Waals surface area contributed by atoms with E-state index in [-0.39, 0.29) is 62.5 Å².